The van der Waals surface area contributed by atoms with Gasteiger partial charge in [0.15, 0.2) is 5.17 Å². The Kier molecular flexibility index (Phi) is 13.8. The van der Waals surface area contributed by atoms with Crippen LogP contribution in [0.25, 0.3) is 5.83 Å². The van der Waals surface area contributed by atoms with Crippen molar-refractivity contribution in [3.05, 3.63) is 70.8 Å². The second-order valence-corrected chi connectivity index (χ2v) is 20.2. The van der Waals surface area contributed by atoms with Gasteiger partial charge in [-0.15, -0.1) is 0 Å². The molecule has 1 aromatic rings. The minimum absolute atomic E-state index is 0.0362. The van der Waals surface area contributed by atoms with Crippen molar-refractivity contribution in [1.82, 2.24) is 9.88 Å². The highest BCUT2D eigenvalue weighted by molar-refractivity contribution is 8.15. The molecule has 1 aliphatic rings. The molecule has 0 aromatic carbocycles. The predicted octanol–water partition coefficient (Wildman–Crippen LogP) is 8.74. The van der Waals surface area contributed by atoms with E-state index in [1.165, 1.54) is 42.5 Å². The van der Waals surface area contributed by atoms with Gasteiger partial charge in [0.25, 0.3) is 0 Å². The lowest BCUT2D eigenvalue weighted by atomic mass is 9.87. The van der Waals surface area contributed by atoms with Gasteiger partial charge in [-0.3, -0.25) is 14.8 Å². The molecule has 1 aromatic heterocycles. The Labute approximate surface area is 275 Å². The third-order valence-electron chi connectivity index (χ3n) is 6.46. The van der Waals surface area contributed by atoms with Gasteiger partial charge in [0.1, 0.15) is 29.2 Å². The zero-order chi connectivity index (χ0) is 34.2. The fraction of sp³-hybridized carbons (Fsp3) is 0.500. The van der Waals surface area contributed by atoms with Gasteiger partial charge in [0.2, 0.25) is 0 Å². The van der Waals surface area contributed by atoms with Crippen molar-refractivity contribution in [2.75, 3.05) is 20.4 Å². The number of rotatable bonds is 11. The average molecular weight is 684 g/mol. The van der Waals surface area contributed by atoms with Crippen molar-refractivity contribution >= 4 is 54.5 Å². The maximum atomic E-state index is 15.6. The highest BCUT2D eigenvalue weighted by Crippen LogP contribution is 2.41. The number of nitrogens with zero attached hydrogens (tertiary/aromatic N) is 3. The molecule has 2 rings (SSSR count). The fourth-order valence-corrected chi connectivity index (χ4v) is 6.06. The molecule has 1 unspecified atom stereocenters. The first kappa shape index (κ1) is 38.4. The number of aliphatic imine (C=N–C) groups is 1. The molecule has 0 saturated heterocycles. The van der Waals surface area contributed by atoms with Crippen LogP contribution in [-0.2, 0) is 19.0 Å². The van der Waals surface area contributed by atoms with Gasteiger partial charge in [0, 0.05) is 26.5 Å². The van der Waals surface area contributed by atoms with Crippen LogP contribution < -0.4 is 0 Å². The van der Waals surface area contributed by atoms with Gasteiger partial charge in [0.05, 0.1) is 23.4 Å². The van der Waals surface area contributed by atoms with E-state index in [-0.39, 0.29) is 29.6 Å². The molecule has 2 heterocycles. The summed E-state index contributed by atoms with van der Waals surface area (Å²) in [5, 5.41) is -0.339. The van der Waals surface area contributed by atoms with E-state index >= 15 is 4.39 Å². The first-order chi connectivity index (χ1) is 20.7. The van der Waals surface area contributed by atoms with Crippen molar-refractivity contribution in [3.8, 4) is 0 Å². The van der Waals surface area contributed by atoms with Gasteiger partial charge in [-0.05, 0) is 76.9 Å². The van der Waals surface area contributed by atoms with Gasteiger partial charge >= 0.3 is 12.1 Å². The largest absolute Gasteiger partial charge is 0.468 e. The molecule has 248 valence electrons. The van der Waals surface area contributed by atoms with Crippen LogP contribution in [0.2, 0.25) is 30.7 Å². The van der Waals surface area contributed by atoms with Crippen LogP contribution in [0.1, 0.15) is 46.7 Å². The number of amidine groups is 1. The molecule has 8 nitrogen and oxygen atoms in total. The monoisotopic (exact) mass is 683 g/mol. The number of methoxy groups -OCH3 is 1. The summed E-state index contributed by atoms with van der Waals surface area (Å²) in [7, 11) is -0.157. The summed E-state index contributed by atoms with van der Waals surface area (Å²) in [6, 6.07) is 3.82. The Morgan fingerprint density at radius 2 is 1.91 bits per heavy atom. The second-order valence-electron chi connectivity index (χ2n) is 13.0. The van der Waals surface area contributed by atoms with Crippen LogP contribution in [-0.4, -0.2) is 72.0 Å². The van der Waals surface area contributed by atoms with Crippen LogP contribution >= 0.6 is 23.4 Å². The Morgan fingerprint density at radius 1 is 1.24 bits per heavy atom. The summed E-state index contributed by atoms with van der Waals surface area (Å²) in [4.78, 5) is 36.0. The first-order valence-electron chi connectivity index (χ1n) is 14.4. The topological polar surface area (TPSA) is 90.3 Å². The summed E-state index contributed by atoms with van der Waals surface area (Å²) in [6.07, 6.45) is 4.41. The minimum atomic E-state index is -1.41. The van der Waals surface area contributed by atoms with Gasteiger partial charge in [-0.1, -0.05) is 55.7 Å². The number of pyridine rings is 1. The van der Waals surface area contributed by atoms with Crippen LogP contribution in [0, 0.1) is 0 Å². The van der Waals surface area contributed by atoms with E-state index in [4.69, 9.17) is 30.8 Å². The van der Waals surface area contributed by atoms with Crippen molar-refractivity contribution in [2.45, 2.75) is 83.1 Å². The molecule has 0 N–H and O–H groups in total. The number of esters is 1. The predicted molar refractivity (Wildman–Crippen MR) is 181 cm³/mol. The molecular formula is C32H44ClF2N3O5SSi. The van der Waals surface area contributed by atoms with Crippen molar-refractivity contribution in [3.63, 3.8) is 0 Å². The molecule has 2 atom stereocenters. The Hall–Kier alpha value is -2.80. The third-order valence-corrected chi connectivity index (χ3v) is 9.55. The molecule has 0 fully saturated rings. The smallest absolute Gasteiger partial charge is 0.418 e. The van der Waals surface area contributed by atoms with E-state index in [0.29, 0.717) is 17.2 Å². The zero-order valence-electron chi connectivity index (χ0n) is 27.5. The molecule has 0 spiro atoms. The van der Waals surface area contributed by atoms with Crippen LogP contribution in [0.4, 0.5) is 13.6 Å². The summed E-state index contributed by atoms with van der Waals surface area (Å²) >= 11 is 6.83. The molecule has 45 heavy (non-hydrogen) atoms. The summed E-state index contributed by atoms with van der Waals surface area (Å²) < 4.78 is 46.8. The van der Waals surface area contributed by atoms with Crippen LogP contribution in [0.3, 0.4) is 0 Å². The number of aromatic nitrogens is 1. The van der Waals surface area contributed by atoms with Crippen molar-refractivity contribution < 1.29 is 32.6 Å². The molecule has 0 saturated carbocycles. The maximum Gasteiger partial charge on any atom is 0.418 e. The van der Waals surface area contributed by atoms with E-state index in [1.807, 2.05) is 0 Å². The Morgan fingerprint density at radius 3 is 2.47 bits per heavy atom. The first-order valence-corrected chi connectivity index (χ1v) is 19.4. The summed E-state index contributed by atoms with van der Waals surface area (Å²) in [5.74, 6) is -1.91. The molecule has 0 bridgehead atoms. The number of halogens is 3. The van der Waals surface area contributed by atoms with Crippen LogP contribution in [0.15, 0.2) is 65.1 Å². The number of amides is 1. The highest BCUT2D eigenvalue weighted by Gasteiger charge is 2.43. The lowest BCUT2D eigenvalue weighted by Gasteiger charge is -2.38. The van der Waals surface area contributed by atoms with E-state index < -0.39 is 48.2 Å². The number of carbonyl (C=O) groups is 2. The zero-order valence-corrected chi connectivity index (χ0v) is 30.1. The summed E-state index contributed by atoms with van der Waals surface area (Å²) in [5.41, 5.74) is -1.72. The Balaban J connectivity index is 2.44. The van der Waals surface area contributed by atoms with Crippen LogP contribution in [0.5, 0.6) is 0 Å². The van der Waals surface area contributed by atoms with E-state index in [1.54, 1.807) is 34.6 Å². The highest BCUT2D eigenvalue weighted by atomic mass is 35.5. The number of ether oxygens (including phenoxy) is 3. The van der Waals surface area contributed by atoms with Gasteiger partial charge in [-0.25, -0.2) is 18.5 Å². The molecule has 0 radical (unpaired) electrons. The minimum Gasteiger partial charge on any atom is -0.468 e. The molecule has 13 heteroatoms. The fourth-order valence-electron chi connectivity index (χ4n) is 3.83. The third kappa shape index (κ3) is 12.5. The average Bonchev–Trinajstić information content (AvgIpc) is 2.93. The van der Waals surface area contributed by atoms with Gasteiger partial charge in [-0.2, -0.15) is 0 Å². The molecule has 1 aliphatic heterocycles. The maximum absolute atomic E-state index is 15.6. The SMILES string of the molecule is C=C(\C(F)=C/C=C(C)/C=C(\F)c1ccc(Cl)cn1)[C@]1(C)CC(C(=O)OC)SC(N(COCC[Si](C)(C)C)C(=O)OC(C)(C)C)=N1. The normalized spacial score (nSPS) is 20.0. The second kappa shape index (κ2) is 16.2. The molecule has 0 aliphatic carbocycles. The Bertz CT molecular complexity index is 1370. The number of carbonyl (C=O) groups excluding carboxylic acids is 2. The summed E-state index contributed by atoms with van der Waals surface area (Å²) in [6.45, 7) is 19.3. The van der Waals surface area contributed by atoms with E-state index in [2.05, 4.69) is 31.2 Å². The number of hydrogen-bond donors (Lipinski definition) is 0. The van der Waals surface area contributed by atoms with E-state index in [0.717, 1.165) is 23.9 Å². The van der Waals surface area contributed by atoms with E-state index in [9.17, 15) is 14.0 Å². The number of hydrogen-bond acceptors (Lipinski definition) is 8. The molecular weight excluding hydrogens is 640 g/mol. The lowest BCUT2D eigenvalue weighted by molar-refractivity contribution is -0.140. The lowest BCUT2D eigenvalue weighted by Crippen LogP contribution is -2.47. The van der Waals surface area contributed by atoms with Crippen molar-refractivity contribution in [2.24, 2.45) is 4.99 Å². The number of thioether (sulfide) groups is 1. The quantitative estimate of drug-likeness (QED) is 0.0757. The van der Waals surface area contributed by atoms with Gasteiger partial charge < -0.3 is 14.2 Å². The molecule has 1 amide bonds. The number of allylic oxidation sites excluding steroid dienone is 4. The standard InChI is InChI=1S/C32H44ClF2N3O5SSi/c1-21(17-25(35)26-14-12-23(33)19-36-26)11-13-24(34)22(2)32(6)18-27(28(39)41-7)44-29(37-32)38(30(40)43-31(3,4)5)20-42-15-16-45(8,9)10/h11-14,17,19,27H,2,15-16,18,20H2,1,3-10H3/b21-11+,24-13+,25-17-/t27?,32-/m0/s1. The van der Waals surface area contributed by atoms with Crippen molar-refractivity contribution in [1.29, 1.82) is 0 Å².